The van der Waals surface area contributed by atoms with Crippen molar-refractivity contribution in [2.75, 3.05) is 0 Å². The van der Waals surface area contributed by atoms with Crippen LogP contribution in [0.2, 0.25) is 0 Å². The summed E-state index contributed by atoms with van der Waals surface area (Å²) in [6.45, 7) is 2.12. The molecule has 5 heteroatoms. The molecule has 2 rings (SSSR count). The quantitative estimate of drug-likeness (QED) is 0.843. The van der Waals surface area contributed by atoms with E-state index in [0.29, 0.717) is 0 Å². The van der Waals surface area contributed by atoms with Gasteiger partial charge in [0.25, 0.3) is 0 Å². The zero-order chi connectivity index (χ0) is 13.8. The van der Waals surface area contributed by atoms with Gasteiger partial charge in [0.15, 0.2) is 5.16 Å². The Morgan fingerprint density at radius 1 is 1.47 bits per heavy atom. The van der Waals surface area contributed by atoms with Crippen molar-refractivity contribution in [3.05, 3.63) is 46.7 Å². The molecular formula is C14H18BrN3S. The molecule has 0 aliphatic rings. The maximum atomic E-state index is 6.29. The van der Waals surface area contributed by atoms with Crippen LogP contribution >= 0.6 is 27.7 Å². The van der Waals surface area contributed by atoms with Crippen molar-refractivity contribution >= 4 is 27.7 Å². The molecule has 2 N–H and O–H groups in total. The lowest BCUT2D eigenvalue weighted by Crippen LogP contribution is -2.26. The fraction of sp³-hybridized carbons (Fsp3) is 0.357. The maximum Gasteiger partial charge on any atom is 0.168 e. The molecule has 2 aromatic rings. The van der Waals surface area contributed by atoms with Crippen molar-refractivity contribution in [3.8, 4) is 0 Å². The van der Waals surface area contributed by atoms with Gasteiger partial charge in [-0.1, -0.05) is 46.7 Å². The number of nitrogens with two attached hydrogens (primary N) is 1. The Morgan fingerprint density at radius 2 is 2.26 bits per heavy atom. The first kappa shape index (κ1) is 14.6. The highest BCUT2D eigenvalue weighted by atomic mass is 79.9. The molecule has 0 radical (unpaired) electrons. The molecule has 0 saturated heterocycles. The van der Waals surface area contributed by atoms with E-state index in [1.165, 1.54) is 5.56 Å². The summed E-state index contributed by atoms with van der Waals surface area (Å²) in [5.41, 5.74) is 7.53. The summed E-state index contributed by atoms with van der Waals surface area (Å²) >= 11 is 5.25. The first-order valence-corrected chi connectivity index (χ1v) is 7.94. The summed E-state index contributed by atoms with van der Waals surface area (Å²) < 4.78 is 3.11. The molecule has 2 atom stereocenters. The van der Waals surface area contributed by atoms with Crippen LogP contribution < -0.4 is 5.73 Å². The third kappa shape index (κ3) is 3.61. The Labute approximate surface area is 126 Å². The highest BCUT2D eigenvalue weighted by Gasteiger charge is 2.21. The van der Waals surface area contributed by atoms with E-state index in [1.807, 2.05) is 36.1 Å². The fourth-order valence-corrected chi connectivity index (χ4v) is 3.52. The van der Waals surface area contributed by atoms with Gasteiger partial charge in [-0.2, -0.15) is 0 Å². The average Bonchev–Trinajstić information content (AvgIpc) is 2.80. The van der Waals surface area contributed by atoms with E-state index in [1.54, 1.807) is 11.8 Å². The summed E-state index contributed by atoms with van der Waals surface area (Å²) in [7, 11) is 2.00. The van der Waals surface area contributed by atoms with Gasteiger partial charge in [0.05, 0.1) is 5.25 Å². The van der Waals surface area contributed by atoms with Gasteiger partial charge < -0.3 is 10.3 Å². The molecule has 0 amide bonds. The van der Waals surface area contributed by atoms with Gasteiger partial charge in [0.2, 0.25) is 0 Å². The van der Waals surface area contributed by atoms with Crippen molar-refractivity contribution in [1.82, 2.24) is 9.55 Å². The predicted molar refractivity (Wildman–Crippen MR) is 84.2 cm³/mol. The van der Waals surface area contributed by atoms with Gasteiger partial charge in [-0.15, -0.1) is 0 Å². The molecule has 0 aliphatic carbocycles. The van der Waals surface area contributed by atoms with Crippen LogP contribution in [-0.2, 0) is 7.05 Å². The van der Waals surface area contributed by atoms with Crippen molar-refractivity contribution < 1.29 is 0 Å². The number of halogens is 1. The molecule has 1 aromatic carbocycles. The van der Waals surface area contributed by atoms with E-state index in [-0.39, 0.29) is 11.3 Å². The highest BCUT2D eigenvalue weighted by Crippen LogP contribution is 2.37. The minimum atomic E-state index is 0.107. The summed E-state index contributed by atoms with van der Waals surface area (Å²) in [6.07, 6.45) is 4.71. The van der Waals surface area contributed by atoms with Crippen molar-refractivity contribution in [3.63, 3.8) is 0 Å². The molecule has 0 bridgehead atoms. The van der Waals surface area contributed by atoms with E-state index in [4.69, 9.17) is 5.73 Å². The fourth-order valence-electron chi connectivity index (χ4n) is 1.88. The van der Waals surface area contributed by atoms with E-state index >= 15 is 0 Å². The van der Waals surface area contributed by atoms with Crippen LogP contribution in [0.1, 0.15) is 24.2 Å². The Bertz CT molecular complexity index is 541. The molecular weight excluding hydrogens is 322 g/mol. The second-order valence-electron chi connectivity index (χ2n) is 4.49. The smallest absolute Gasteiger partial charge is 0.168 e. The number of rotatable bonds is 5. The largest absolute Gasteiger partial charge is 0.329 e. The first-order valence-electron chi connectivity index (χ1n) is 6.27. The predicted octanol–water partition coefficient (Wildman–Crippen LogP) is 3.75. The Kier molecular flexibility index (Phi) is 5.07. The van der Waals surface area contributed by atoms with Gasteiger partial charge >= 0.3 is 0 Å². The minimum Gasteiger partial charge on any atom is -0.329 e. The normalized spacial score (nSPS) is 14.3. The average molecular weight is 340 g/mol. The van der Waals surface area contributed by atoms with Crippen LogP contribution in [0.25, 0.3) is 0 Å². The second-order valence-corrected chi connectivity index (χ2v) is 6.51. The van der Waals surface area contributed by atoms with E-state index in [2.05, 4.69) is 40.0 Å². The molecule has 19 heavy (non-hydrogen) atoms. The summed E-state index contributed by atoms with van der Waals surface area (Å²) in [6, 6.07) is 8.45. The maximum absolute atomic E-state index is 6.29. The number of thioether (sulfide) groups is 1. The van der Waals surface area contributed by atoms with Crippen molar-refractivity contribution in [2.45, 2.75) is 29.8 Å². The third-order valence-corrected chi connectivity index (χ3v) is 5.02. The topological polar surface area (TPSA) is 43.8 Å². The van der Waals surface area contributed by atoms with Gasteiger partial charge in [0.1, 0.15) is 0 Å². The number of nitrogens with zero attached hydrogens (tertiary/aromatic N) is 2. The number of hydrogen-bond acceptors (Lipinski definition) is 3. The summed E-state index contributed by atoms with van der Waals surface area (Å²) in [5.74, 6) is 0. The molecule has 1 aromatic heterocycles. The monoisotopic (exact) mass is 339 g/mol. The van der Waals surface area contributed by atoms with E-state index in [0.717, 1.165) is 16.0 Å². The lowest BCUT2D eigenvalue weighted by Gasteiger charge is -2.22. The molecule has 3 nitrogen and oxygen atoms in total. The van der Waals surface area contributed by atoms with Gasteiger partial charge in [-0.3, -0.25) is 0 Å². The van der Waals surface area contributed by atoms with Crippen LogP contribution in [-0.4, -0.2) is 15.6 Å². The Balaban J connectivity index is 2.29. The van der Waals surface area contributed by atoms with Crippen LogP contribution in [0, 0.1) is 0 Å². The number of benzene rings is 1. The molecule has 102 valence electrons. The molecule has 0 spiro atoms. The number of imidazole rings is 1. The molecule has 2 unspecified atom stereocenters. The van der Waals surface area contributed by atoms with E-state index in [9.17, 15) is 0 Å². The molecule has 0 fully saturated rings. The van der Waals surface area contributed by atoms with Crippen molar-refractivity contribution in [2.24, 2.45) is 12.8 Å². The van der Waals surface area contributed by atoms with Crippen molar-refractivity contribution in [1.29, 1.82) is 0 Å². The molecule has 1 heterocycles. The molecule has 0 aliphatic heterocycles. The SMILES string of the molecule is CCC(N)C(Sc1nccn1C)c1cccc(Br)c1. The zero-order valence-corrected chi connectivity index (χ0v) is 13.5. The van der Waals surface area contributed by atoms with Crippen LogP contribution in [0.5, 0.6) is 0 Å². The second kappa shape index (κ2) is 6.59. The number of aromatic nitrogens is 2. The van der Waals surface area contributed by atoms with Gasteiger partial charge in [0, 0.05) is 30.0 Å². The number of aryl methyl sites for hydroxylation is 1. The van der Waals surface area contributed by atoms with Gasteiger partial charge in [-0.25, -0.2) is 4.98 Å². The van der Waals surface area contributed by atoms with Gasteiger partial charge in [-0.05, 0) is 24.1 Å². The Hall–Kier alpha value is -0.780. The van der Waals surface area contributed by atoms with Crippen LogP contribution in [0.3, 0.4) is 0 Å². The number of hydrogen-bond donors (Lipinski definition) is 1. The zero-order valence-electron chi connectivity index (χ0n) is 11.1. The molecule has 0 saturated carbocycles. The summed E-state index contributed by atoms with van der Waals surface area (Å²) in [4.78, 5) is 4.38. The lowest BCUT2D eigenvalue weighted by molar-refractivity contribution is 0.630. The highest BCUT2D eigenvalue weighted by molar-refractivity contribution is 9.10. The van der Waals surface area contributed by atoms with E-state index < -0.39 is 0 Å². The van der Waals surface area contributed by atoms with Crippen LogP contribution in [0.15, 0.2) is 46.3 Å². The van der Waals surface area contributed by atoms with Crippen LogP contribution in [0.4, 0.5) is 0 Å². The Morgan fingerprint density at radius 3 is 2.84 bits per heavy atom. The minimum absolute atomic E-state index is 0.107. The lowest BCUT2D eigenvalue weighted by atomic mass is 10.0. The standard InChI is InChI=1S/C14H18BrN3S/c1-3-12(16)13(10-5-4-6-11(15)9-10)19-14-17-7-8-18(14)2/h4-9,12-13H,3,16H2,1-2H3. The first-order chi connectivity index (χ1) is 9.11. The summed E-state index contributed by atoms with van der Waals surface area (Å²) in [5, 5.41) is 1.21. The third-order valence-electron chi connectivity index (χ3n) is 3.05.